The van der Waals surface area contributed by atoms with E-state index in [0.29, 0.717) is 12.4 Å². The first-order valence-electron chi connectivity index (χ1n) is 7.76. The normalized spacial score (nSPS) is 40.9. The number of halogens is 1. The molecule has 2 N–H and O–H groups in total. The predicted octanol–water partition coefficient (Wildman–Crippen LogP) is 2.03. The molecule has 1 aromatic carbocycles. The van der Waals surface area contributed by atoms with Crippen LogP contribution in [0.1, 0.15) is 18.4 Å². The molecule has 1 aromatic rings. The molecule has 2 fully saturated rings. The average molecular weight is 403 g/mol. The zero-order valence-electron chi connectivity index (χ0n) is 13.6. The van der Waals surface area contributed by atoms with Crippen LogP contribution in [0, 0.1) is 33.5 Å². The Morgan fingerprint density at radius 3 is 2.68 bits per heavy atom. The van der Waals surface area contributed by atoms with Gasteiger partial charge < -0.3 is 19.9 Å². The molecule has 0 bridgehead atoms. The van der Waals surface area contributed by atoms with E-state index in [-0.39, 0.29) is 11.9 Å². The van der Waals surface area contributed by atoms with E-state index in [4.69, 9.17) is 19.9 Å². The van der Waals surface area contributed by atoms with Gasteiger partial charge in [-0.15, -0.1) is 0 Å². The van der Waals surface area contributed by atoms with Crippen LogP contribution in [0.2, 0.25) is 0 Å². The molecule has 7 nitrogen and oxygen atoms in total. The summed E-state index contributed by atoms with van der Waals surface area (Å²) < 4.78 is 17.6. The molecule has 5 atom stereocenters. The van der Waals surface area contributed by atoms with Crippen molar-refractivity contribution in [2.45, 2.75) is 24.9 Å². The zero-order chi connectivity index (χ0) is 18.0. The van der Waals surface area contributed by atoms with E-state index in [1.54, 1.807) is 13.2 Å². The van der Waals surface area contributed by atoms with Gasteiger partial charge in [-0.05, 0) is 40.5 Å². The van der Waals surface area contributed by atoms with Crippen molar-refractivity contribution in [1.29, 1.82) is 10.5 Å². The maximum absolute atomic E-state index is 10.1. The first-order valence-corrected chi connectivity index (χ1v) is 8.55. The smallest absolute Gasteiger partial charge is 0.293 e. The lowest BCUT2D eigenvalue weighted by molar-refractivity contribution is -0.193. The maximum Gasteiger partial charge on any atom is 0.293 e. The standard InChI is InChI=1S/C17H15BrN4O3/c1-9-6-24-17(25-9)16(8-20)13(15(16,7-19)14(21)22-17)10-3-4-12(23-2)11(18)5-10/h3-5,9,13H,6H2,1-2H3,(H2,21,22)/t9-,13+,15+,16+,17-/m0/s1. The number of amidine groups is 1. The van der Waals surface area contributed by atoms with Gasteiger partial charge in [-0.2, -0.15) is 10.5 Å². The minimum Gasteiger partial charge on any atom is -0.496 e. The molecule has 25 heavy (non-hydrogen) atoms. The highest BCUT2D eigenvalue weighted by molar-refractivity contribution is 9.10. The van der Waals surface area contributed by atoms with Crippen LogP contribution in [0.25, 0.3) is 0 Å². The molecular weight excluding hydrogens is 388 g/mol. The lowest BCUT2D eigenvalue weighted by Gasteiger charge is -2.26. The van der Waals surface area contributed by atoms with Gasteiger partial charge in [-0.1, -0.05) is 6.07 Å². The highest BCUT2D eigenvalue weighted by Crippen LogP contribution is 2.82. The summed E-state index contributed by atoms with van der Waals surface area (Å²) in [5.74, 6) is -1.29. The molecule has 1 saturated heterocycles. The number of ether oxygens (including phenoxy) is 3. The lowest BCUT2D eigenvalue weighted by Crippen LogP contribution is -2.39. The number of rotatable bonds is 2. The maximum atomic E-state index is 10.1. The Morgan fingerprint density at radius 1 is 1.40 bits per heavy atom. The van der Waals surface area contributed by atoms with E-state index in [2.05, 4.69) is 33.1 Å². The molecule has 0 aromatic heterocycles. The van der Waals surface area contributed by atoms with Crippen molar-refractivity contribution in [3.8, 4) is 17.9 Å². The van der Waals surface area contributed by atoms with Gasteiger partial charge in [0.2, 0.25) is 0 Å². The largest absolute Gasteiger partial charge is 0.496 e. The van der Waals surface area contributed by atoms with Gasteiger partial charge in [-0.3, -0.25) is 0 Å². The fraction of sp³-hybridized carbons (Fsp3) is 0.471. The molecule has 2 aliphatic heterocycles. The molecular formula is C17H15BrN4O3. The predicted molar refractivity (Wildman–Crippen MR) is 90.4 cm³/mol. The first kappa shape index (κ1) is 16.3. The van der Waals surface area contributed by atoms with Gasteiger partial charge in [0, 0.05) is 5.92 Å². The lowest BCUT2D eigenvalue weighted by atomic mass is 9.94. The quantitative estimate of drug-likeness (QED) is 0.809. The number of hydrogen-bond donors (Lipinski definition) is 1. The number of hydrogen-bond acceptors (Lipinski definition) is 7. The van der Waals surface area contributed by atoms with E-state index >= 15 is 0 Å². The van der Waals surface area contributed by atoms with E-state index in [0.717, 1.165) is 10.0 Å². The third-order valence-electron chi connectivity index (χ3n) is 5.31. The van der Waals surface area contributed by atoms with Crippen LogP contribution < -0.4 is 10.5 Å². The van der Waals surface area contributed by atoms with Crippen molar-refractivity contribution in [3.05, 3.63) is 28.2 Å². The highest BCUT2D eigenvalue weighted by Gasteiger charge is 2.94. The summed E-state index contributed by atoms with van der Waals surface area (Å²) in [6, 6.07) is 9.94. The van der Waals surface area contributed by atoms with Crippen LogP contribution in [0.4, 0.5) is 0 Å². The molecule has 128 valence electrons. The van der Waals surface area contributed by atoms with Crippen molar-refractivity contribution in [3.63, 3.8) is 0 Å². The first-order chi connectivity index (χ1) is 11.9. The number of aliphatic imine (C=N–C) groups is 1. The number of nitrogens with zero attached hydrogens (tertiary/aromatic N) is 3. The molecule has 0 unspecified atom stereocenters. The fourth-order valence-electron chi connectivity index (χ4n) is 4.22. The van der Waals surface area contributed by atoms with Gasteiger partial charge in [0.25, 0.3) is 5.91 Å². The van der Waals surface area contributed by atoms with Crippen molar-refractivity contribution in [2.75, 3.05) is 13.7 Å². The summed E-state index contributed by atoms with van der Waals surface area (Å²) in [6.07, 6.45) is -0.236. The van der Waals surface area contributed by atoms with Crippen LogP contribution in [0.5, 0.6) is 5.75 Å². The Morgan fingerprint density at radius 2 is 2.16 bits per heavy atom. The molecule has 2 heterocycles. The van der Waals surface area contributed by atoms with Gasteiger partial charge >= 0.3 is 0 Å². The van der Waals surface area contributed by atoms with E-state index in [9.17, 15) is 10.5 Å². The molecule has 4 rings (SSSR count). The third-order valence-corrected chi connectivity index (χ3v) is 5.93. The minimum absolute atomic E-state index is 0.0857. The number of fused-ring (bicyclic) bond motifs is 2. The molecule has 3 aliphatic rings. The summed E-state index contributed by atoms with van der Waals surface area (Å²) in [7, 11) is 1.57. The second-order valence-electron chi connectivity index (χ2n) is 6.48. The van der Waals surface area contributed by atoms with Crippen molar-refractivity contribution >= 4 is 21.8 Å². The van der Waals surface area contributed by atoms with E-state index in [1.165, 1.54) is 0 Å². The molecule has 1 saturated carbocycles. The summed E-state index contributed by atoms with van der Waals surface area (Å²) in [5.41, 5.74) is 4.33. The Bertz CT molecular complexity index is 891. The summed E-state index contributed by atoms with van der Waals surface area (Å²) in [5, 5.41) is 20.0. The second kappa shape index (κ2) is 4.95. The topological polar surface area (TPSA) is 114 Å². The SMILES string of the molecule is COc1ccc([C@H]2[C@@]3(C#N)[C@]4(N=C(N)[C@@]23C#N)OC[C@H](C)O4)cc1Br. The number of nitrogens with two attached hydrogens (primary N) is 1. The Balaban J connectivity index is 1.89. The second-order valence-corrected chi connectivity index (χ2v) is 7.34. The Hall–Kier alpha value is -2.13. The fourth-order valence-corrected chi connectivity index (χ4v) is 4.78. The number of nitriles is 2. The van der Waals surface area contributed by atoms with Crippen LogP contribution in [0.15, 0.2) is 27.7 Å². The molecule has 8 heteroatoms. The molecule has 1 aliphatic carbocycles. The number of benzene rings is 1. The van der Waals surface area contributed by atoms with E-state index < -0.39 is 22.7 Å². The third kappa shape index (κ3) is 1.63. The molecule has 1 spiro atoms. The zero-order valence-corrected chi connectivity index (χ0v) is 15.2. The monoisotopic (exact) mass is 402 g/mol. The van der Waals surface area contributed by atoms with Gasteiger partial charge in [-0.25, -0.2) is 4.99 Å². The van der Waals surface area contributed by atoms with Crippen molar-refractivity contribution in [2.24, 2.45) is 21.6 Å². The molecule has 0 radical (unpaired) electrons. The Kier molecular flexibility index (Phi) is 3.24. The van der Waals surface area contributed by atoms with Crippen LogP contribution >= 0.6 is 15.9 Å². The molecule has 0 amide bonds. The van der Waals surface area contributed by atoms with Crippen LogP contribution in [0.3, 0.4) is 0 Å². The van der Waals surface area contributed by atoms with Crippen LogP contribution in [-0.2, 0) is 9.47 Å². The van der Waals surface area contributed by atoms with E-state index in [1.807, 2.05) is 19.1 Å². The summed E-state index contributed by atoms with van der Waals surface area (Å²) in [4.78, 5) is 4.29. The van der Waals surface area contributed by atoms with Crippen LogP contribution in [-0.4, -0.2) is 31.6 Å². The van der Waals surface area contributed by atoms with Gasteiger partial charge in [0.15, 0.2) is 5.41 Å². The summed E-state index contributed by atoms with van der Waals surface area (Å²) >= 11 is 3.45. The van der Waals surface area contributed by atoms with Gasteiger partial charge in [0.1, 0.15) is 17.0 Å². The van der Waals surface area contributed by atoms with Crippen molar-refractivity contribution in [1.82, 2.24) is 0 Å². The Labute approximate surface area is 153 Å². The van der Waals surface area contributed by atoms with Gasteiger partial charge in [0.05, 0.1) is 36.4 Å². The minimum atomic E-state index is -1.53. The highest BCUT2D eigenvalue weighted by atomic mass is 79.9. The van der Waals surface area contributed by atoms with Crippen molar-refractivity contribution < 1.29 is 14.2 Å². The summed E-state index contributed by atoms with van der Waals surface area (Å²) in [6.45, 7) is 2.13. The number of methoxy groups -OCH3 is 1. The average Bonchev–Trinajstić information content (AvgIpc) is 2.99.